The van der Waals surface area contributed by atoms with Crippen molar-refractivity contribution in [2.24, 2.45) is 0 Å². The number of allylic oxidation sites excluding steroid dienone is 1. The maximum absolute atomic E-state index is 5.50. The highest BCUT2D eigenvalue weighted by Gasteiger charge is 2.26. The zero-order valence-electron chi connectivity index (χ0n) is 12.4. The summed E-state index contributed by atoms with van der Waals surface area (Å²) >= 11 is 0. The van der Waals surface area contributed by atoms with Crippen molar-refractivity contribution in [3.8, 4) is 11.5 Å². The third-order valence-electron chi connectivity index (χ3n) is 3.87. The predicted octanol–water partition coefficient (Wildman–Crippen LogP) is 3.86. The molecule has 1 aliphatic heterocycles. The molecule has 110 valence electrons. The van der Waals surface area contributed by atoms with Crippen LogP contribution in [0.15, 0.2) is 17.7 Å². The molecule has 1 aliphatic carbocycles. The summed E-state index contributed by atoms with van der Waals surface area (Å²) in [6.45, 7) is 2.59. The smallest absolute Gasteiger partial charge is 0.231 e. The molecule has 0 N–H and O–H groups in total. The second-order valence-corrected chi connectivity index (χ2v) is 5.49. The average molecular weight is 296 g/mol. The molecule has 0 aromatic heterocycles. The summed E-state index contributed by atoms with van der Waals surface area (Å²) in [4.78, 5) is 2.24. The van der Waals surface area contributed by atoms with E-state index in [1.807, 2.05) is 0 Å². The van der Waals surface area contributed by atoms with Crippen LogP contribution in [0.2, 0.25) is 0 Å². The van der Waals surface area contributed by atoms with Gasteiger partial charge in [-0.3, -0.25) is 0 Å². The third kappa shape index (κ3) is 2.47. The third-order valence-corrected chi connectivity index (χ3v) is 3.87. The minimum atomic E-state index is 0. The maximum Gasteiger partial charge on any atom is 0.231 e. The molecule has 1 aromatic carbocycles. The first-order valence-corrected chi connectivity index (χ1v) is 7.03. The van der Waals surface area contributed by atoms with Crippen LogP contribution in [0, 0.1) is 0 Å². The molecule has 0 amide bonds. The largest absolute Gasteiger partial charge is 0.454 e. The van der Waals surface area contributed by atoms with E-state index < -0.39 is 0 Å². The Labute approximate surface area is 127 Å². The molecule has 4 heteroatoms. The van der Waals surface area contributed by atoms with Crippen molar-refractivity contribution in [2.75, 3.05) is 20.9 Å². The predicted molar refractivity (Wildman–Crippen MR) is 83.6 cm³/mol. The van der Waals surface area contributed by atoms with Crippen molar-refractivity contribution in [3.05, 3.63) is 28.8 Å². The lowest BCUT2D eigenvalue weighted by molar-refractivity contribution is 0.174. The van der Waals surface area contributed by atoms with Gasteiger partial charge in [0.1, 0.15) is 0 Å². The minimum absolute atomic E-state index is 0. The van der Waals surface area contributed by atoms with E-state index in [4.69, 9.17) is 9.47 Å². The van der Waals surface area contributed by atoms with Crippen molar-refractivity contribution < 1.29 is 9.47 Å². The topological polar surface area (TPSA) is 21.7 Å². The SMILES string of the molecule is CCCCC1=C(N(C)C)c2cc3c(cc2C1)OCO3.Cl. The van der Waals surface area contributed by atoms with Gasteiger partial charge in [0.05, 0.1) is 0 Å². The summed E-state index contributed by atoms with van der Waals surface area (Å²) in [6, 6.07) is 4.30. The first-order chi connectivity index (χ1) is 9.20. The first kappa shape index (κ1) is 15.0. The highest BCUT2D eigenvalue weighted by molar-refractivity contribution is 5.85. The number of halogens is 1. The van der Waals surface area contributed by atoms with Crippen LogP contribution in [-0.4, -0.2) is 25.8 Å². The fraction of sp³-hybridized carbons (Fsp3) is 0.500. The van der Waals surface area contributed by atoms with Crippen LogP contribution in [0.25, 0.3) is 5.70 Å². The molecule has 0 radical (unpaired) electrons. The number of rotatable bonds is 4. The van der Waals surface area contributed by atoms with Crippen LogP contribution in [-0.2, 0) is 6.42 Å². The van der Waals surface area contributed by atoms with Crippen molar-refractivity contribution in [1.82, 2.24) is 4.90 Å². The summed E-state index contributed by atoms with van der Waals surface area (Å²) in [7, 11) is 4.25. The van der Waals surface area contributed by atoms with E-state index in [-0.39, 0.29) is 12.4 Å². The average Bonchev–Trinajstić information content (AvgIpc) is 2.95. The van der Waals surface area contributed by atoms with E-state index in [0.29, 0.717) is 6.79 Å². The summed E-state index contributed by atoms with van der Waals surface area (Å²) in [5, 5.41) is 0. The van der Waals surface area contributed by atoms with Gasteiger partial charge in [0, 0.05) is 25.4 Å². The first-order valence-electron chi connectivity index (χ1n) is 7.03. The van der Waals surface area contributed by atoms with Crippen LogP contribution in [0.5, 0.6) is 11.5 Å². The summed E-state index contributed by atoms with van der Waals surface area (Å²) < 4.78 is 11.0. The van der Waals surface area contributed by atoms with Gasteiger partial charge in [-0.1, -0.05) is 13.3 Å². The van der Waals surface area contributed by atoms with Gasteiger partial charge in [-0.05, 0) is 42.5 Å². The van der Waals surface area contributed by atoms with Gasteiger partial charge in [-0.25, -0.2) is 0 Å². The lowest BCUT2D eigenvalue weighted by atomic mass is 10.1. The number of fused-ring (bicyclic) bond motifs is 2. The van der Waals surface area contributed by atoms with Gasteiger partial charge in [0.2, 0.25) is 6.79 Å². The molecule has 2 aliphatic rings. The molecule has 0 fully saturated rings. The zero-order valence-corrected chi connectivity index (χ0v) is 13.2. The highest BCUT2D eigenvalue weighted by atomic mass is 35.5. The Morgan fingerprint density at radius 3 is 2.50 bits per heavy atom. The van der Waals surface area contributed by atoms with Crippen LogP contribution in [0.3, 0.4) is 0 Å². The van der Waals surface area contributed by atoms with E-state index in [1.165, 1.54) is 36.1 Å². The molecule has 0 saturated carbocycles. The van der Waals surface area contributed by atoms with Gasteiger partial charge >= 0.3 is 0 Å². The highest BCUT2D eigenvalue weighted by Crippen LogP contribution is 2.43. The Morgan fingerprint density at radius 1 is 1.15 bits per heavy atom. The van der Waals surface area contributed by atoms with Crippen LogP contribution in [0.4, 0.5) is 0 Å². The van der Waals surface area contributed by atoms with E-state index >= 15 is 0 Å². The van der Waals surface area contributed by atoms with Gasteiger partial charge < -0.3 is 14.4 Å². The number of unbranched alkanes of at least 4 members (excludes halogenated alkanes) is 1. The van der Waals surface area contributed by atoms with E-state index in [0.717, 1.165) is 17.9 Å². The number of nitrogens with zero attached hydrogens (tertiary/aromatic N) is 1. The Kier molecular flexibility index (Phi) is 4.48. The van der Waals surface area contributed by atoms with Crippen LogP contribution in [0.1, 0.15) is 37.3 Å². The molecule has 0 atom stereocenters. The molecule has 0 bridgehead atoms. The number of hydrogen-bond acceptors (Lipinski definition) is 3. The Morgan fingerprint density at radius 2 is 1.85 bits per heavy atom. The number of benzene rings is 1. The normalized spacial score (nSPS) is 15.2. The molecule has 0 saturated heterocycles. The van der Waals surface area contributed by atoms with Gasteiger partial charge in [-0.15, -0.1) is 12.4 Å². The molecule has 20 heavy (non-hydrogen) atoms. The van der Waals surface area contributed by atoms with E-state index in [9.17, 15) is 0 Å². The number of ether oxygens (including phenoxy) is 2. The van der Waals surface area contributed by atoms with Crippen molar-refractivity contribution in [1.29, 1.82) is 0 Å². The number of hydrogen-bond donors (Lipinski definition) is 0. The molecule has 3 nitrogen and oxygen atoms in total. The molecule has 1 aromatic rings. The van der Waals surface area contributed by atoms with E-state index in [1.54, 1.807) is 5.57 Å². The molecule has 3 rings (SSSR count). The summed E-state index contributed by atoms with van der Waals surface area (Å²) in [6.07, 6.45) is 4.74. The van der Waals surface area contributed by atoms with Crippen LogP contribution >= 0.6 is 12.4 Å². The minimum Gasteiger partial charge on any atom is -0.454 e. The van der Waals surface area contributed by atoms with Crippen molar-refractivity contribution in [2.45, 2.75) is 32.6 Å². The molecule has 0 spiro atoms. The Hall–Kier alpha value is -1.35. The van der Waals surface area contributed by atoms with Crippen molar-refractivity contribution in [3.63, 3.8) is 0 Å². The summed E-state index contributed by atoms with van der Waals surface area (Å²) in [5.41, 5.74) is 5.62. The summed E-state index contributed by atoms with van der Waals surface area (Å²) in [5.74, 6) is 1.78. The lowest BCUT2D eigenvalue weighted by Gasteiger charge is -2.18. The lowest BCUT2D eigenvalue weighted by Crippen LogP contribution is -2.10. The van der Waals surface area contributed by atoms with E-state index in [2.05, 4.69) is 38.1 Å². The van der Waals surface area contributed by atoms with Gasteiger partial charge in [-0.2, -0.15) is 0 Å². The molecule has 0 unspecified atom stereocenters. The molecule has 1 heterocycles. The Balaban J connectivity index is 0.00000147. The standard InChI is InChI=1S/C16H21NO2.ClH/c1-4-5-6-11-7-12-8-14-15(19-10-18-14)9-13(12)16(11)17(2)3;/h8-9H,4-7,10H2,1-3H3;1H. The fourth-order valence-electron chi connectivity index (χ4n) is 3.01. The molecular weight excluding hydrogens is 274 g/mol. The zero-order chi connectivity index (χ0) is 13.4. The van der Waals surface area contributed by atoms with Gasteiger partial charge in [0.25, 0.3) is 0 Å². The second kappa shape index (κ2) is 5.96. The molecular formula is C16H22ClNO2. The second-order valence-electron chi connectivity index (χ2n) is 5.49. The quantitative estimate of drug-likeness (QED) is 0.842. The fourth-order valence-corrected chi connectivity index (χ4v) is 3.01. The van der Waals surface area contributed by atoms with Crippen LogP contribution < -0.4 is 9.47 Å². The van der Waals surface area contributed by atoms with Gasteiger partial charge in [0.15, 0.2) is 11.5 Å². The van der Waals surface area contributed by atoms with Crippen molar-refractivity contribution >= 4 is 18.1 Å². The monoisotopic (exact) mass is 295 g/mol. The Bertz CT molecular complexity index is 538. The maximum atomic E-state index is 5.50.